The Morgan fingerprint density at radius 3 is 2.65 bits per heavy atom. The van der Waals surface area contributed by atoms with Gasteiger partial charge in [0, 0.05) is 25.2 Å². The maximum Gasteiger partial charge on any atom is 0.313 e. The van der Waals surface area contributed by atoms with Crippen LogP contribution < -0.4 is 0 Å². The number of esters is 1. The molecule has 202 valence electrons. The largest absolute Gasteiger partial charge is 0.462 e. The van der Waals surface area contributed by atoms with Gasteiger partial charge in [0.25, 0.3) is 0 Å². The van der Waals surface area contributed by atoms with Crippen LogP contribution >= 0.6 is 0 Å². The number of hydrogen-bond donors (Lipinski definition) is 0. The molecule has 1 spiro atoms. The van der Waals surface area contributed by atoms with E-state index in [2.05, 4.69) is 39.8 Å². The molecule has 6 heteroatoms. The minimum atomic E-state index is -0.721. The number of rotatable bonds is 0. The molecular formula is C31H42O6. The number of allylic oxidation sites excluding steroid dienone is 4. The van der Waals surface area contributed by atoms with Gasteiger partial charge in [0.2, 0.25) is 0 Å². The van der Waals surface area contributed by atoms with Gasteiger partial charge in [-0.3, -0.25) is 9.59 Å². The van der Waals surface area contributed by atoms with E-state index in [-0.39, 0.29) is 36.0 Å². The smallest absolute Gasteiger partial charge is 0.313 e. The second-order valence-corrected chi connectivity index (χ2v) is 12.1. The van der Waals surface area contributed by atoms with E-state index in [1.54, 1.807) is 13.0 Å². The van der Waals surface area contributed by atoms with Gasteiger partial charge in [-0.2, -0.15) is 0 Å². The summed E-state index contributed by atoms with van der Waals surface area (Å²) in [5.74, 6) is -1.07. The molecule has 4 aliphatic heterocycles. The third-order valence-electron chi connectivity index (χ3n) is 8.95. The zero-order valence-electron chi connectivity index (χ0n) is 22.9. The Kier molecular flexibility index (Phi) is 7.63. The minimum Gasteiger partial charge on any atom is -0.462 e. The van der Waals surface area contributed by atoms with Crippen molar-refractivity contribution in [3.05, 3.63) is 47.1 Å². The predicted molar refractivity (Wildman–Crippen MR) is 141 cm³/mol. The Hall–Kier alpha value is -2.02. The Balaban J connectivity index is 1.48. The van der Waals surface area contributed by atoms with Crippen LogP contribution in [0.25, 0.3) is 0 Å². The Bertz CT molecular complexity index is 1040. The zero-order chi connectivity index (χ0) is 26.3. The van der Waals surface area contributed by atoms with Gasteiger partial charge in [0.1, 0.15) is 12.2 Å². The summed E-state index contributed by atoms with van der Waals surface area (Å²) >= 11 is 0. The van der Waals surface area contributed by atoms with Gasteiger partial charge >= 0.3 is 5.97 Å². The molecule has 3 fully saturated rings. The monoisotopic (exact) mass is 510 g/mol. The fraction of sp³-hybridized carbons (Fsp3) is 0.677. The fourth-order valence-electron chi connectivity index (χ4n) is 6.69. The van der Waals surface area contributed by atoms with Crippen LogP contribution in [0.2, 0.25) is 0 Å². The quantitative estimate of drug-likeness (QED) is 0.311. The van der Waals surface area contributed by atoms with Crippen LogP contribution in [0.3, 0.4) is 0 Å². The van der Waals surface area contributed by atoms with Gasteiger partial charge in [-0.1, -0.05) is 49.8 Å². The summed E-state index contributed by atoms with van der Waals surface area (Å²) < 4.78 is 25.3. The summed E-state index contributed by atoms with van der Waals surface area (Å²) in [7, 11) is 0. The molecule has 9 atom stereocenters. The van der Waals surface area contributed by atoms with Gasteiger partial charge in [0.05, 0.1) is 24.7 Å². The van der Waals surface area contributed by atoms with Gasteiger partial charge in [-0.25, -0.2) is 0 Å². The third-order valence-corrected chi connectivity index (χ3v) is 8.95. The van der Waals surface area contributed by atoms with Gasteiger partial charge in [-0.05, 0) is 63.0 Å². The van der Waals surface area contributed by atoms with E-state index in [1.807, 2.05) is 12.2 Å². The first kappa shape index (κ1) is 26.6. The number of carbonyl (C=O) groups excluding carboxylic acids is 2. The normalized spacial score (nSPS) is 46.7. The summed E-state index contributed by atoms with van der Waals surface area (Å²) in [5, 5.41) is 0. The van der Waals surface area contributed by atoms with Crippen LogP contribution in [-0.2, 0) is 28.5 Å². The summed E-state index contributed by atoms with van der Waals surface area (Å²) in [6.45, 7) is 10.8. The first-order valence-corrected chi connectivity index (χ1v) is 14.1. The molecule has 1 unspecified atom stereocenters. The number of hydrogen-bond acceptors (Lipinski definition) is 6. The van der Waals surface area contributed by atoms with E-state index < -0.39 is 17.8 Å². The highest BCUT2D eigenvalue weighted by Crippen LogP contribution is 2.44. The Morgan fingerprint density at radius 1 is 1.05 bits per heavy atom. The lowest BCUT2D eigenvalue weighted by molar-refractivity contribution is -0.332. The predicted octanol–water partition coefficient (Wildman–Crippen LogP) is 5.63. The molecule has 1 aliphatic carbocycles. The fourth-order valence-corrected chi connectivity index (χ4v) is 6.69. The van der Waals surface area contributed by atoms with Gasteiger partial charge < -0.3 is 18.9 Å². The van der Waals surface area contributed by atoms with E-state index in [4.69, 9.17) is 18.9 Å². The first-order chi connectivity index (χ1) is 17.6. The molecule has 2 bridgehead atoms. The topological polar surface area (TPSA) is 71.1 Å². The molecule has 4 heterocycles. The van der Waals surface area contributed by atoms with E-state index in [0.717, 1.165) is 31.3 Å². The van der Waals surface area contributed by atoms with Crippen molar-refractivity contribution < 1.29 is 28.5 Å². The van der Waals surface area contributed by atoms with Crippen molar-refractivity contribution in [3.8, 4) is 0 Å². The second kappa shape index (κ2) is 10.6. The molecule has 5 aliphatic rings. The average molecular weight is 511 g/mol. The molecule has 0 amide bonds. The average Bonchev–Trinajstić information content (AvgIpc) is 3.26. The second-order valence-electron chi connectivity index (χ2n) is 12.1. The van der Waals surface area contributed by atoms with Crippen LogP contribution in [0.4, 0.5) is 0 Å². The molecule has 5 rings (SSSR count). The van der Waals surface area contributed by atoms with Crippen molar-refractivity contribution in [3.63, 3.8) is 0 Å². The van der Waals surface area contributed by atoms with Crippen molar-refractivity contribution in [1.82, 2.24) is 0 Å². The van der Waals surface area contributed by atoms with Crippen molar-refractivity contribution in [2.24, 2.45) is 23.7 Å². The number of ketones is 1. The molecule has 0 saturated carbocycles. The molecule has 0 aromatic rings. The van der Waals surface area contributed by atoms with Crippen molar-refractivity contribution in [2.45, 2.75) is 103 Å². The molecule has 3 saturated heterocycles. The van der Waals surface area contributed by atoms with E-state index in [0.29, 0.717) is 36.9 Å². The van der Waals surface area contributed by atoms with E-state index >= 15 is 0 Å². The SMILES string of the molecule is CC1=C[C@H]2C(=O)O[C@H]3C[C@@H](C/C=C(\C)C[C@@H](C)/C=C/C=C4\CO[C@H](C1=O)C42)O[C@@]1(CC[C@H](C)[C@@H](C)O1)C3. The van der Waals surface area contributed by atoms with Crippen LogP contribution in [0, 0.1) is 23.7 Å². The molecule has 0 N–H and O–H groups in total. The summed E-state index contributed by atoms with van der Waals surface area (Å²) in [5.41, 5.74) is 2.87. The molecule has 0 aromatic heterocycles. The standard InChI is InChI=1S/C31H42O6/c1-18-7-6-8-23-17-34-29-27(23)26(14-21(4)28(29)32)30(33)35-25-15-24(10-9-19(2)13-18)37-31(16-25)12-11-20(3)22(5)36-31/h6-9,14,18,20,22,24-27,29H,10-13,15-17H2,1-5H3/b7-6+,19-9+,23-8+/t18-,20-,22+,24+,25-,26+,27?,29-,31-/m0/s1. The molecule has 37 heavy (non-hydrogen) atoms. The van der Waals surface area contributed by atoms with Crippen molar-refractivity contribution in [2.75, 3.05) is 6.61 Å². The van der Waals surface area contributed by atoms with E-state index in [9.17, 15) is 9.59 Å². The van der Waals surface area contributed by atoms with Gasteiger partial charge in [0.15, 0.2) is 11.6 Å². The summed E-state index contributed by atoms with van der Waals surface area (Å²) in [6, 6.07) is 0. The lowest BCUT2D eigenvalue weighted by Gasteiger charge is -2.49. The lowest BCUT2D eigenvalue weighted by Crippen LogP contribution is -2.54. The van der Waals surface area contributed by atoms with Crippen LogP contribution in [0.5, 0.6) is 0 Å². The number of carbonyl (C=O) groups is 2. The number of ether oxygens (including phenoxy) is 4. The van der Waals surface area contributed by atoms with Crippen molar-refractivity contribution in [1.29, 1.82) is 0 Å². The minimum absolute atomic E-state index is 0.0336. The zero-order valence-corrected chi connectivity index (χ0v) is 22.9. The lowest BCUT2D eigenvalue weighted by atomic mass is 9.75. The third kappa shape index (κ3) is 5.57. The highest BCUT2D eigenvalue weighted by atomic mass is 16.7. The van der Waals surface area contributed by atoms with E-state index in [1.165, 1.54) is 5.57 Å². The highest BCUT2D eigenvalue weighted by molar-refractivity contribution is 6.01. The van der Waals surface area contributed by atoms with Gasteiger partial charge in [-0.15, -0.1) is 0 Å². The van der Waals surface area contributed by atoms with Crippen LogP contribution in [-0.4, -0.2) is 48.6 Å². The Labute approximate surface area is 221 Å². The molecule has 0 aromatic carbocycles. The summed E-state index contributed by atoms with van der Waals surface area (Å²) in [4.78, 5) is 26.6. The molecule has 6 nitrogen and oxygen atoms in total. The van der Waals surface area contributed by atoms with Crippen molar-refractivity contribution >= 4 is 11.8 Å². The summed E-state index contributed by atoms with van der Waals surface area (Å²) in [6.07, 6.45) is 14.2. The maximum atomic E-state index is 13.7. The van der Waals surface area contributed by atoms with Crippen LogP contribution in [0.1, 0.15) is 73.1 Å². The maximum absolute atomic E-state index is 13.7. The molecule has 0 radical (unpaired) electrons. The first-order valence-electron chi connectivity index (χ1n) is 14.1. The number of Topliss-reactive ketones (excluding diaryl/α,β-unsaturated/α-hetero) is 1. The van der Waals surface area contributed by atoms with Crippen LogP contribution in [0.15, 0.2) is 47.1 Å². The Morgan fingerprint density at radius 2 is 1.86 bits per heavy atom. The number of fused-ring (bicyclic) bond motifs is 2. The highest BCUT2D eigenvalue weighted by Gasteiger charge is 2.51. The molecular weight excluding hydrogens is 468 g/mol.